The lowest BCUT2D eigenvalue weighted by molar-refractivity contribution is -0.116. The molecule has 20 heavy (non-hydrogen) atoms. The second kappa shape index (κ2) is 6.38. The summed E-state index contributed by atoms with van der Waals surface area (Å²) in [6.45, 7) is 1.89. The maximum atomic E-state index is 12.0. The van der Waals surface area contributed by atoms with E-state index in [-0.39, 0.29) is 18.4 Å². The molecule has 106 valence electrons. The molecule has 0 spiro atoms. The van der Waals surface area contributed by atoms with Gasteiger partial charge >= 0.3 is 0 Å². The van der Waals surface area contributed by atoms with Gasteiger partial charge in [-0.2, -0.15) is 5.10 Å². The number of benzene rings is 1. The van der Waals surface area contributed by atoms with E-state index in [1.807, 2.05) is 6.92 Å². The zero-order valence-electron chi connectivity index (χ0n) is 11.2. The van der Waals surface area contributed by atoms with E-state index in [2.05, 4.69) is 15.4 Å². The number of anilines is 1. The Balaban J connectivity index is 2.03. The molecule has 0 aliphatic heterocycles. The van der Waals surface area contributed by atoms with Crippen LogP contribution < -0.4 is 10.1 Å². The van der Waals surface area contributed by atoms with Crippen molar-refractivity contribution >= 4 is 23.2 Å². The highest BCUT2D eigenvalue weighted by Gasteiger charge is 2.13. The summed E-state index contributed by atoms with van der Waals surface area (Å²) in [7, 11) is 1.54. The molecule has 1 atom stereocenters. The second-order valence-electron chi connectivity index (χ2n) is 4.32. The molecule has 2 aromatic rings. The minimum Gasteiger partial charge on any atom is -0.495 e. The molecule has 0 radical (unpaired) electrons. The van der Waals surface area contributed by atoms with Gasteiger partial charge in [0.2, 0.25) is 5.91 Å². The molecule has 2 rings (SSSR count). The lowest BCUT2D eigenvalue weighted by atomic mass is 10.2. The van der Waals surface area contributed by atoms with Gasteiger partial charge in [0, 0.05) is 11.4 Å². The van der Waals surface area contributed by atoms with Crippen molar-refractivity contribution in [3.63, 3.8) is 0 Å². The fraction of sp³-hybridized carbons (Fsp3) is 0.308. The minimum atomic E-state index is -0.145. The fourth-order valence-electron chi connectivity index (χ4n) is 1.79. The van der Waals surface area contributed by atoms with Crippen LogP contribution in [0.3, 0.4) is 0 Å². The zero-order chi connectivity index (χ0) is 14.5. The van der Waals surface area contributed by atoms with Crippen LogP contribution in [0.1, 0.15) is 19.4 Å². The molecule has 1 amide bonds. The van der Waals surface area contributed by atoms with Crippen LogP contribution in [-0.2, 0) is 4.79 Å². The average molecular weight is 295 g/mol. The van der Waals surface area contributed by atoms with E-state index < -0.39 is 0 Å². The van der Waals surface area contributed by atoms with Crippen LogP contribution in [0.25, 0.3) is 0 Å². The summed E-state index contributed by atoms with van der Waals surface area (Å²) >= 11 is 5.91. The van der Waals surface area contributed by atoms with Crippen molar-refractivity contribution < 1.29 is 9.53 Å². The van der Waals surface area contributed by atoms with Gasteiger partial charge in [-0.3, -0.25) is 4.79 Å². The Morgan fingerprint density at radius 3 is 3.00 bits per heavy atom. The summed E-state index contributed by atoms with van der Waals surface area (Å²) in [6.07, 6.45) is 3.30. The van der Waals surface area contributed by atoms with Gasteiger partial charge in [-0.1, -0.05) is 11.6 Å². The van der Waals surface area contributed by atoms with Crippen molar-refractivity contribution in [2.75, 3.05) is 12.4 Å². The molecule has 7 heteroatoms. The zero-order valence-corrected chi connectivity index (χ0v) is 12.0. The highest BCUT2D eigenvalue weighted by molar-refractivity contribution is 6.31. The van der Waals surface area contributed by atoms with Crippen LogP contribution in [0, 0.1) is 0 Å². The number of hydrogen-bond donors (Lipinski definition) is 1. The first-order valence-corrected chi connectivity index (χ1v) is 6.45. The standard InChI is InChI=1S/C13H15ClN4O2/c1-9(18-8-15-7-16-18)5-13(19)17-11-6-10(14)3-4-12(11)20-2/h3-4,6-9H,5H2,1-2H3,(H,17,19). The molecule has 0 aliphatic carbocycles. The van der Waals surface area contributed by atoms with Gasteiger partial charge in [0.05, 0.1) is 18.8 Å². The average Bonchev–Trinajstić information content (AvgIpc) is 2.92. The number of ether oxygens (including phenoxy) is 1. The van der Waals surface area contributed by atoms with E-state index in [0.717, 1.165) is 0 Å². The largest absolute Gasteiger partial charge is 0.495 e. The first kappa shape index (κ1) is 14.3. The molecule has 0 saturated carbocycles. The summed E-state index contributed by atoms with van der Waals surface area (Å²) in [5.74, 6) is 0.421. The topological polar surface area (TPSA) is 69.0 Å². The first-order chi connectivity index (χ1) is 9.60. The quantitative estimate of drug-likeness (QED) is 0.920. The van der Waals surface area contributed by atoms with Crippen molar-refractivity contribution in [2.45, 2.75) is 19.4 Å². The summed E-state index contributed by atoms with van der Waals surface area (Å²) in [5.41, 5.74) is 0.552. The highest BCUT2D eigenvalue weighted by Crippen LogP contribution is 2.28. The third kappa shape index (κ3) is 3.48. The van der Waals surface area contributed by atoms with Crippen molar-refractivity contribution in [3.05, 3.63) is 35.9 Å². The number of rotatable bonds is 5. The van der Waals surface area contributed by atoms with Crippen molar-refractivity contribution in [1.82, 2.24) is 14.8 Å². The lowest BCUT2D eigenvalue weighted by Crippen LogP contribution is -2.18. The Morgan fingerprint density at radius 1 is 1.55 bits per heavy atom. The highest BCUT2D eigenvalue weighted by atomic mass is 35.5. The molecule has 0 bridgehead atoms. The van der Waals surface area contributed by atoms with Gasteiger partial charge in [0.1, 0.15) is 18.4 Å². The van der Waals surface area contributed by atoms with E-state index in [1.165, 1.54) is 13.4 Å². The van der Waals surface area contributed by atoms with E-state index >= 15 is 0 Å². The predicted octanol–water partition coefficient (Wildman–Crippen LogP) is 2.53. The third-order valence-electron chi connectivity index (χ3n) is 2.80. The molecule has 1 aromatic carbocycles. The molecular formula is C13H15ClN4O2. The van der Waals surface area contributed by atoms with Crippen LogP contribution in [0.15, 0.2) is 30.9 Å². The Morgan fingerprint density at radius 2 is 2.35 bits per heavy atom. The summed E-state index contributed by atoms with van der Waals surface area (Å²) in [5, 5.41) is 7.32. The number of amides is 1. The van der Waals surface area contributed by atoms with Crippen molar-refractivity contribution in [1.29, 1.82) is 0 Å². The first-order valence-electron chi connectivity index (χ1n) is 6.07. The van der Waals surface area contributed by atoms with Crippen molar-refractivity contribution in [2.24, 2.45) is 0 Å². The SMILES string of the molecule is COc1ccc(Cl)cc1NC(=O)CC(C)n1cncn1. The predicted molar refractivity (Wildman–Crippen MR) is 76.0 cm³/mol. The van der Waals surface area contributed by atoms with E-state index in [4.69, 9.17) is 16.3 Å². The molecule has 6 nitrogen and oxygen atoms in total. The molecule has 0 fully saturated rings. The molecule has 0 saturated heterocycles. The van der Waals surface area contributed by atoms with Gasteiger partial charge in [-0.15, -0.1) is 0 Å². The fourth-order valence-corrected chi connectivity index (χ4v) is 1.96. The molecule has 0 aliphatic rings. The number of nitrogens with one attached hydrogen (secondary N) is 1. The van der Waals surface area contributed by atoms with Crippen molar-refractivity contribution in [3.8, 4) is 5.75 Å². The normalized spacial score (nSPS) is 11.9. The number of carbonyl (C=O) groups excluding carboxylic acids is 1. The molecule has 1 aromatic heterocycles. The van der Waals surface area contributed by atoms with Gasteiger partial charge in [0.15, 0.2) is 0 Å². The van der Waals surface area contributed by atoms with Gasteiger partial charge in [0.25, 0.3) is 0 Å². The van der Waals surface area contributed by atoms with Crippen LogP contribution in [0.5, 0.6) is 5.75 Å². The van der Waals surface area contributed by atoms with E-state index in [1.54, 1.807) is 29.2 Å². The van der Waals surface area contributed by atoms with Gasteiger partial charge < -0.3 is 10.1 Å². The van der Waals surface area contributed by atoms with Crippen LogP contribution in [0.2, 0.25) is 5.02 Å². The van der Waals surface area contributed by atoms with Gasteiger partial charge in [-0.25, -0.2) is 9.67 Å². The number of hydrogen-bond acceptors (Lipinski definition) is 4. The van der Waals surface area contributed by atoms with Crippen LogP contribution in [0.4, 0.5) is 5.69 Å². The molecule has 1 heterocycles. The number of methoxy groups -OCH3 is 1. The number of halogens is 1. The second-order valence-corrected chi connectivity index (χ2v) is 4.76. The van der Waals surface area contributed by atoms with Crippen LogP contribution in [-0.4, -0.2) is 27.8 Å². The Hall–Kier alpha value is -2.08. The number of aromatic nitrogens is 3. The molecule has 1 unspecified atom stereocenters. The number of carbonyl (C=O) groups is 1. The summed E-state index contributed by atoms with van der Waals surface area (Å²) < 4.78 is 6.81. The monoisotopic (exact) mass is 294 g/mol. The van der Waals surface area contributed by atoms with E-state index in [9.17, 15) is 4.79 Å². The maximum absolute atomic E-state index is 12.0. The van der Waals surface area contributed by atoms with Gasteiger partial charge in [-0.05, 0) is 25.1 Å². The van der Waals surface area contributed by atoms with E-state index in [0.29, 0.717) is 16.5 Å². The summed E-state index contributed by atoms with van der Waals surface area (Å²) in [6, 6.07) is 4.98. The smallest absolute Gasteiger partial charge is 0.226 e. The van der Waals surface area contributed by atoms with Crippen LogP contribution >= 0.6 is 11.6 Å². The summed E-state index contributed by atoms with van der Waals surface area (Å²) in [4.78, 5) is 15.9. The Kier molecular flexibility index (Phi) is 4.57. The lowest BCUT2D eigenvalue weighted by Gasteiger charge is -2.13. The third-order valence-corrected chi connectivity index (χ3v) is 3.04. The molecular weight excluding hydrogens is 280 g/mol. The number of nitrogens with zero attached hydrogens (tertiary/aromatic N) is 3. The molecule has 1 N–H and O–H groups in total. The Labute approximate surface area is 121 Å². The Bertz CT molecular complexity index is 586. The minimum absolute atomic E-state index is 0.0809. The maximum Gasteiger partial charge on any atom is 0.226 e.